The zero-order valence-corrected chi connectivity index (χ0v) is 11.6. The largest absolute Gasteiger partial charge is 1.00 e. The summed E-state index contributed by atoms with van der Waals surface area (Å²) in [5.41, 5.74) is 4.26. The van der Waals surface area contributed by atoms with Crippen LogP contribution in [0.15, 0.2) is 12.1 Å². The van der Waals surface area contributed by atoms with Crippen molar-refractivity contribution in [2.24, 2.45) is 0 Å². The van der Waals surface area contributed by atoms with Crippen LogP contribution in [0, 0.1) is 0 Å². The Balaban J connectivity index is 0.00000120. The Morgan fingerprint density at radius 2 is 1.72 bits per heavy atom. The lowest BCUT2D eigenvalue weighted by Gasteiger charge is -2.17. The molecule has 0 N–H and O–H groups in total. The van der Waals surface area contributed by atoms with Crippen LogP contribution in [0.4, 0.5) is 0 Å². The lowest BCUT2D eigenvalue weighted by molar-refractivity contribution is -0.520. The van der Waals surface area contributed by atoms with E-state index in [1.54, 1.807) is 14.2 Å². The van der Waals surface area contributed by atoms with Crippen LogP contribution >= 0.6 is 0 Å². The van der Waals surface area contributed by atoms with Gasteiger partial charge in [-0.05, 0) is 17.7 Å². The van der Waals surface area contributed by atoms with Gasteiger partial charge in [-0.1, -0.05) is 0 Å². The van der Waals surface area contributed by atoms with Gasteiger partial charge in [-0.2, -0.15) is 0 Å². The van der Waals surface area contributed by atoms with Crippen LogP contribution < -0.4 is 21.9 Å². The minimum atomic E-state index is 0. The van der Waals surface area contributed by atoms with Gasteiger partial charge in [-0.15, -0.1) is 0 Å². The van der Waals surface area contributed by atoms with E-state index in [1.807, 2.05) is 0 Å². The van der Waals surface area contributed by atoms with Gasteiger partial charge in [0.1, 0.15) is 13.1 Å². The molecular formula is C14H18ClNO2. The summed E-state index contributed by atoms with van der Waals surface area (Å²) in [6.07, 6.45) is 3.59. The predicted octanol–water partition coefficient (Wildman–Crippen LogP) is -1.14. The molecule has 2 aliphatic rings. The molecule has 0 atom stereocenters. The predicted molar refractivity (Wildman–Crippen MR) is 66.6 cm³/mol. The zero-order chi connectivity index (χ0) is 11.8. The van der Waals surface area contributed by atoms with E-state index in [1.165, 1.54) is 36.2 Å². The summed E-state index contributed by atoms with van der Waals surface area (Å²) >= 11 is 0. The number of ether oxygens (including phenoxy) is 2. The SMILES string of the molecule is COc1cc2c(cc1OC)C1=[N+](CCC1)CC2.[Cl-]. The fourth-order valence-electron chi connectivity index (χ4n) is 2.93. The second-order valence-electron chi connectivity index (χ2n) is 4.65. The maximum absolute atomic E-state index is 5.39. The molecule has 0 radical (unpaired) electrons. The molecule has 0 saturated carbocycles. The molecule has 2 heterocycles. The van der Waals surface area contributed by atoms with Crippen LogP contribution in [0.5, 0.6) is 11.5 Å². The van der Waals surface area contributed by atoms with E-state index < -0.39 is 0 Å². The van der Waals surface area contributed by atoms with Crippen LogP contribution in [-0.4, -0.2) is 37.6 Å². The highest BCUT2D eigenvalue weighted by Gasteiger charge is 2.30. The fraction of sp³-hybridized carbons (Fsp3) is 0.500. The Hall–Kier alpha value is -1.22. The van der Waals surface area contributed by atoms with Crippen LogP contribution in [0.1, 0.15) is 24.0 Å². The van der Waals surface area contributed by atoms with E-state index in [0.29, 0.717) is 0 Å². The molecule has 3 rings (SSSR count). The number of methoxy groups -OCH3 is 2. The van der Waals surface area contributed by atoms with Gasteiger partial charge in [-0.3, -0.25) is 0 Å². The van der Waals surface area contributed by atoms with Gasteiger partial charge < -0.3 is 21.9 Å². The average Bonchev–Trinajstić information content (AvgIpc) is 2.85. The number of fused-ring (bicyclic) bond motifs is 2. The van der Waals surface area contributed by atoms with Crippen LogP contribution in [-0.2, 0) is 6.42 Å². The first-order valence-corrected chi connectivity index (χ1v) is 6.19. The monoisotopic (exact) mass is 267 g/mol. The normalized spacial score (nSPS) is 16.8. The first-order valence-electron chi connectivity index (χ1n) is 6.19. The van der Waals surface area contributed by atoms with E-state index in [9.17, 15) is 0 Å². The number of hydrogen-bond donors (Lipinski definition) is 0. The smallest absolute Gasteiger partial charge is 0.183 e. The third-order valence-corrected chi connectivity index (χ3v) is 3.79. The van der Waals surface area contributed by atoms with Crippen LogP contribution in [0.3, 0.4) is 0 Å². The average molecular weight is 268 g/mol. The van der Waals surface area contributed by atoms with E-state index >= 15 is 0 Å². The van der Waals surface area contributed by atoms with Crippen molar-refractivity contribution in [2.75, 3.05) is 27.3 Å². The molecule has 0 unspecified atom stereocenters. The van der Waals surface area contributed by atoms with Crippen molar-refractivity contribution in [2.45, 2.75) is 19.3 Å². The number of nitrogens with zero attached hydrogens (tertiary/aromatic N) is 1. The van der Waals surface area contributed by atoms with Gasteiger partial charge in [0.2, 0.25) is 0 Å². The summed E-state index contributed by atoms with van der Waals surface area (Å²) in [6.45, 7) is 2.36. The molecule has 0 aromatic heterocycles. The Morgan fingerprint density at radius 3 is 2.44 bits per heavy atom. The topological polar surface area (TPSA) is 21.5 Å². The standard InChI is InChI=1S/C14H18NO2.ClH/c1-16-13-8-10-5-7-15-6-3-4-12(15)11(10)9-14(13)17-2;/h8-9H,3-7H2,1-2H3;1H/q+1;/p-1. The second kappa shape index (κ2) is 5.19. The summed E-state index contributed by atoms with van der Waals surface area (Å²) < 4.78 is 13.3. The zero-order valence-electron chi connectivity index (χ0n) is 10.8. The Morgan fingerprint density at radius 1 is 1.00 bits per heavy atom. The quantitative estimate of drug-likeness (QED) is 0.632. The minimum absolute atomic E-state index is 0. The van der Waals surface area contributed by atoms with Gasteiger partial charge in [0.25, 0.3) is 0 Å². The first-order chi connectivity index (χ1) is 8.33. The summed E-state index contributed by atoms with van der Waals surface area (Å²) in [6, 6.07) is 4.28. The van der Waals surface area contributed by atoms with Crippen LogP contribution in [0.2, 0.25) is 0 Å². The van der Waals surface area contributed by atoms with Crippen molar-refractivity contribution < 1.29 is 26.5 Å². The molecule has 2 aliphatic heterocycles. The number of halogens is 1. The highest BCUT2D eigenvalue weighted by Crippen LogP contribution is 2.33. The number of rotatable bonds is 2. The summed E-state index contributed by atoms with van der Waals surface area (Å²) in [7, 11) is 3.40. The van der Waals surface area contributed by atoms with Crippen molar-refractivity contribution in [3.63, 3.8) is 0 Å². The highest BCUT2D eigenvalue weighted by molar-refractivity contribution is 6.00. The van der Waals surface area contributed by atoms with Crippen molar-refractivity contribution >= 4 is 5.71 Å². The molecular weight excluding hydrogens is 250 g/mol. The molecule has 0 bridgehead atoms. The molecule has 0 amide bonds. The van der Waals surface area contributed by atoms with Gasteiger partial charge in [0.05, 0.1) is 14.2 Å². The molecule has 1 aromatic rings. The highest BCUT2D eigenvalue weighted by atomic mass is 35.5. The van der Waals surface area contributed by atoms with Crippen LogP contribution in [0.25, 0.3) is 0 Å². The number of hydrogen-bond acceptors (Lipinski definition) is 2. The van der Waals surface area contributed by atoms with E-state index in [-0.39, 0.29) is 12.4 Å². The van der Waals surface area contributed by atoms with E-state index in [2.05, 4.69) is 16.7 Å². The number of benzene rings is 1. The van der Waals surface area contributed by atoms with Gasteiger partial charge >= 0.3 is 0 Å². The van der Waals surface area contributed by atoms with E-state index in [4.69, 9.17) is 9.47 Å². The molecule has 18 heavy (non-hydrogen) atoms. The lowest BCUT2D eigenvalue weighted by atomic mass is 9.95. The first kappa shape index (κ1) is 13.2. The molecule has 0 saturated heterocycles. The molecule has 0 aliphatic carbocycles. The minimum Gasteiger partial charge on any atom is -1.00 e. The third kappa shape index (κ3) is 1.97. The van der Waals surface area contributed by atoms with Gasteiger partial charge in [-0.25, -0.2) is 4.58 Å². The second-order valence-corrected chi connectivity index (χ2v) is 4.65. The molecule has 0 fully saturated rings. The fourth-order valence-corrected chi connectivity index (χ4v) is 2.93. The summed E-state index contributed by atoms with van der Waals surface area (Å²) in [5.74, 6) is 1.69. The van der Waals surface area contributed by atoms with Crippen molar-refractivity contribution in [1.82, 2.24) is 0 Å². The molecule has 0 spiro atoms. The van der Waals surface area contributed by atoms with Crippen molar-refractivity contribution in [3.05, 3.63) is 23.3 Å². The third-order valence-electron chi connectivity index (χ3n) is 3.79. The van der Waals surface area contributed by atoms with Crippen molar-refractivity contribution in [1.29, 1.82) is 0 Å². The van der Waals surface area contributed by atoms with Gasteiger partial charge in [0.15, 0.2) is 17.2 Å². The molecule has 3 nitrogen and oxygen atoms in total. The Kier molecular flexibility index (Phi) is 3.81. The molecule has 1 aromatic carbocycles. The maximum atomic E-state index is 5.39. The van der Waals surface area contributed by atoms with Gasteiger partial charge in [0, 0.05) is 24.8 Å². The van der Waals surface area contributed by atoms with E-state index in [0.717, 1.165) is 24.5 Å². The lowest BCUT2D eigenvalue weighted by Crippen LogP contribution is -3.00. The maximum Gasteiger partial charge on any atom is 0.183 e. The summed E-state index contributed by atoms with van der Waals surface area (Å²) in [4.78, 5) is 0. The Bertz CT molecular complexity index is 497. The molecule has 4 heteroatoms. The van der Waals surface area contributed by atoms with Crippen molar-refractivity contribution in [3.8, 4) is 11.5 Å². The molecule has 98 valence electrons. The Labute approximate surface area is 114 Å². The summed E-state index contributed by atoms with van der Waals surface area (Å²) in [5, 5.41) is 0.